The molecule has 0 saturated heterocycles. The zero-order chi connectivity index (χ0) is 16.8. The van der Waals surface area contributed by atoms with Crippen LogP contribution in [-0.4, -0.2) is 59.3 Å². The zero-order valence-electron chi connectivity index (χ0n) is 14.5. The van der Waals surface area contributed by atoms with Gasteiger partial charge in [0.2, 0.25) is 0 Å². The number of aliphatic carboxylic acids is 1. The molecule has 6 nitrogen and oxygen atoms in total. The van der Waals surface area contributed by atoms with Gasteiger partial charge in [-0.05, 0) is 38.5 Å². The summed E-state index contributed by atoms with van der Waals surface area (Å²) in [5, 5.41) is 29.7. The molecule has 0 radical (unpaired) electrons. The molecular weight excluding hydrogens is 307 g/mol. The predicted octanol–water partition coefficient (Wildman–Crippen LogP) is -1.96. The van der Waals surface area contributed by atoms with Gasteiger partial charge in [0.15, 0.2) is 0 Å². The van der Waals surface area contributed by atoms with Gasteiger partial charge in [-0.25, -0.2) is 0 Å². The van der Waals surface area contributed by atoms with Gasteiger partial charge < -0.3 is 20.3 Å². The van der Waals surface area contributed by atoms with Gasteiger partial charge in [0.25, 0.3) is 0 Å². The molecule has 0 rings (SSSR count). The van der Waals surface area contributed by atoms with Crippen LogP contribution in [0.1, 0.15) is 45.4 Å². The molecule has 0 amide bonds. The third kappa shape index (κ3) is 17.8. The van der Waals surface area contributed by atoms with E-state index in [1.165, 1.54) is 0 Å². The molecule has 2 N–H and O–H groups in total. The van der Waals surface area contributed by atoms with Gasteiger partial charge >= 0.3 is 35.5 Å². The van der Waals surface area contributed by atoms with Crippen molar-refractivity contribution < 1.29 is 49.7 Å². The molecule has 1 atom stereocenters. The number of hydrogen-bond acceptors (Lipinski definition) is 5. The van der Waals surface area contributed by atoms with E-state index in [2.05, 4.69) is 11.6 Å². The van der Waals surface area contributed by atoms with Crippen LogP contribution in [0, 0.1) is 0 Å². The minimum Gasteiger partial charge on any atom is -0.862 e. The number of unbranched alkanes of at least 4 members (excludes halogenated alkanes) is 3. The maximum atomic E-state index is 11.6. The molecular formula is C16H29N2NaO4. The summed E-state index contributed by atoms with van der Waals surface area (Å²) in [5.74, 6) is -0.975. The number of aliphatic imine (C=N–C) groups is 1. The first-order valence-corrected chi connectivity index (χ1v) is 7.89. The number of allylic oxidation sites excluding steroid dienone is 1. The Morgan fingerprint density at radius 2 is 2.00 bits per heavy atom. The van der Waals surface area contributed by atoms with Gasteiger partial charge in [0, 0.05) is 19.6 Å². The molecule has 0 aliphatic heterocycles. The second-order valence-electron chi connectivity index (χ2n) is 5.46. The summed E-state index contributed by atoms with van der Waals surface area (Å²) in [5.41, 5.74) is 0. The third-order valence-electron chi connectivity index (χ3n) is 3.17. The van der Waals surface area contributed by atoms with Crippen molar-refractivity contribution in [2.75, 3.05) is 26.2 Å². The minimum absolute atomic E-state index is 0. The summed E-state index contributed by atoms with van der Waals surface area (Å²) in [6.07, 6.45) is 5.69. The Morgan fingerprint density at radius 3 is 2.57 bits per heavy atom. The second kappa shape index (κ2) is 16.5. The molecule has 0 aromatic rings. The van der Waals surface area contributed by atoms with Gasteiger partial charge in [0.05, 0.1) is 19.1 Å². The van der Waals surface area contributed by atoms with E-state index in [1.807, 2.05) is 11.0 Å². The maximum Gasteiger partial charge on any atom is 1.00 e. The number of nitrogens with zero attached hydrogens (tertiary/aromatic N) is 2. The Hall–Kier alpha value is -0.400. The van der Waals surface area contributed by atoms with E-state index in [0.29, 0.717) is 32.6 Å². The first-order valence-electron chi connectivity index (χ1n) is 7.89. The normalized spacial score (nSPS) is 12.7. The van der Waals surface area contributed by atoms with E-state index in [1.54, 1.807) is 6.92 Å². The Balaban J connectivity index is 0. The Morgan fingerprint density at radius 1 is 1.30 bits per heavy atom. The largest absolute Gasteiger partial charge is 1.00 e. The van der Waals surface area contributed by atoms with Crippen LogP contribution in [0.3, 0.4) is 0 Å². The summed E-state index contributed by atoms with van der Waals surface area (Å²) in [7, 11) is 0. The summed E-state index contributed by atoms with van der Waals surface area (Å²) in [4.78, 5) is 16.4. The van der Waals surface area contributed by atoms with Crippen LogP contribution >= 0.6 is 0 Å². The third-order valence-corrected chi connectivity index (χ3v) is 3.17. The van der Waals surface area contributed by atoms with Crippen LogP contribution in [0.25, 0.3) is 0 Å². The van der Waals surface area contributed by atoms with Crippen molar-refractivity contribution in [1.29, 1.82) is 0 Å². The first-order chi connectivity index (χ1) is 10.5. The van der Waals surface area contributed by atoms with E-state index in [-0.39, 0.29) is 41.9 Å². The molecule has 1 unspecified atom stereocenters. The van der Waals surface area contributed by atoms with Crippen molar-refractivity contribution in [2.24, 2.45) is 4.99 Å². The van der Waals surface area contributed by atoms with E-state index >= 15 is 0 Å². The predicted molar refractivity (Wildman–Crippen MR) is 86.0 cm³/mol. The maximum absolute atomic E-state index is 11.6. The second-order valence-corrected chi connectivity index (χ2v) is 5.46. The topological polar surface area (TPSA) is 96.2 Å². The molecule has 0 aromatic heterocycles. The molecule has 23 heavy (non-hydrogen) atoms. The number of aliphatic hydroxyl groups excluding tert-OH is 1. The van der Waals surface area contributed by atoms with Crippen LogP contribution in [0.4, 0.5) is 0 Å². The summed E-state index contributed by atoms with van der Waals surface area (Å²) >= 11 is 0. The molecule has 0 aliphatic rings. The van der Waals surface area contributed by atoms with Gasteiger partial charge in [-0.15, -0.1) is 6.58 Å². The zero-order valence-corrected chi connectivity index (χ0v) is 16.5. The van der Waals surface area contributed by atoms with Gasteiger partial charge in [0.1, 0.15) is 0 Å². The van der Waals surface area contributed by atoms with Crippen LogP contribution in [0.2, 0.25) is 0 Å². The van der Waals surface area contributed by atoms with Crippen LogP contribution in [0.15, 0.2) is 17.6 Å². The van der Waals surface area contributed by atoms with E-state index in [0.717, 1.165) is 25.7 Å². The van der Waals surface area contributed by atoms with Crippen LogP contribution in [-0.2, 0) is 4.79 Å². The number of hydrogen-bond donors (Lipinski definition) is 2. The SMILES string of the molecule is C=CCCCCCC([O-])=NCCN(CCC(=O)O)CC(C)O.[Na+]. The molecule has 0 bridgehead atoms. The smallest absolute Gasteiger partial charge is 0.862 e. The average molecular weight is 336 g/mol. The fourth-order valence-electron chi connectivity index (χ4n) is 2.06. The monoisotopic (exact) mass is 336 g/mol. The van der Waals surface area contributed by atoms with Gasteiger partial charge in [-0.1, -0.05) is 12.5 Å². The molecule has 0 spiro atoms. The quantitative estimate of drug-likeness (QED) is 0.126. The van der Waals surface area contributed by atoms with E-state index in [9.17, 15) is 15.0 Å². The standard InChI is InChI=1S/C16H30N2O4.Na/c1-3-4-5-6-7-8-15(20)17-10-12-18(13-14(2)19)11-9-16(21)22;/h3,14,19H,1,4-13H2,2H3,(H,17,20)(H,21,22);/q;+1/p-1. The Labute approximate surface area is 161 Å². The molecule has 0 aliphatic carbocycles. The van der Waals surface area contributed by atoms with Gasteiger partial charge in [-0.3, -0.25) is 9.69 Å². The van der Waals surface area contributed by atoms with E-state index < -0.39 is 12.1 Å². The van der Waals surface area contributed by atoms with Crippen LogP contribution < -0.4 is 34.7 Å². The first kappa shape index (κ1) is 24.8. The Kier molecular flexibility index (Phi) is 17.8. The molecule has 0 aromatic carbocycles. The van der Waals surface area contributed by atoms with Crippen molar-refractivity contribution in [3.63, 3.8) is 0 Å². The molecule has 0 fully saturated rings. The fourth-order valence-corrected chi connectivity index (χ4v) is 2.06. The molecule has 0 heterocycles. The minimum atomic E-state index is -0.872. The molecule has 128 valence electrons. The van der Waals surface area contributed by atoms with Crippen molar-refractivity contribution in [3.05, 3.63) is 12.7 Å². The van der Waals surface area contributed by atoms with Crippen molar-refractivity contribution in [2.45, 2.75) is 51.6 Å². The fraction of sp³-hybridized carbons (Fsp3) is 0.750. The summed E-state index contributed by atoms with van der Waals surface area (Å²) in [6, 6.07) is 0. The van der Waals surface area contributed by atoms with Crippen molar-refractivity contribution >= 4 is 11.9 Å². The molecule has 0 saturated carbocycles. The van der Waals surface area contributed by atoms with E-state index in [4.69, 9.17) is 5.11 Å². The average Bonchev–Trinajstić information content (AvgIpc) is 2.43. The van der Waals surface area contributed by atoms with Gasteiger partial charge in [-0.2, -0.15) is 0 Å². The number of carboxylic acids is 1. The molecule has 7 heteroatoms. The summed E-state index contributed by atoms with van der Waals surface area (Å²) in [6.45, 7) is 6.88. The summed E-state index contributed by atoms with van der Waals surface area (Å²) < 4.78 is 0. The number of carbonyl (C=O) groups is 1. The van der Waals surface area contributed by atoms with Crippen LogP contribution in [0.5, 0.6) is 0 Å². The van der Waals surface area contributed by atoms with Crippen molar-refractivity contribution in [1.82, 2.24) is 4.90 Å². The van der Waals surface area contributed by atoms with Crippen molar-refractivity contribution in [3.8, 4) is 0 Å². The Bertz CT molecular complexity index is 349. The number of rotatable bonds is 14. The number of carboxylic acid groups (broad SMARTS) is 1. The number of aliphatic hydroxyl groups is 1.